The second-order valence-electron chi connectivity index (χ2n) is 5.03. The summed E-state index contributed by atoms with van der Waals surface area (Å²) in [4.78, 5) is 11.7. The zero-order valence-corrected chi connectivity index (χ0v) is 15.2. The summed E-state index contributed by atoms with van der Waals surface area (Å²) in [5.74, 6) is 0. The van der Waals surface area contributed by atoms with E-state index in [2.05, 4.69) is 27.3 Å². The average Bonchev–Trinajstić information content (AvgIpc) is 2.60. The van der Waals surface area contributed by atoms with Crippen molar-refractivity contribution in [3.63, 3.8) is 0 Å². The highest BCUT2D eigenvalue weighted by Gasteiger charge is 2.31. The SMILES string of the molecule is C#CN(CCBr)c1ccc([N+](=O)[O-])cc1S(=O)(=O)N1CCNCC1. The minimum Gasteiger partial charge on any atom is -0.314 e. The van der Waals surface area contributed by atoms with Crippen LogP contribution in [0.5, 0.6) is 0 Å². The monoisotopic (exact) mass is 416 g/mol. The van der Waals surface area contributed by atoms with Crippen LogP contribution >= 0.6 is 15.9 Å². The van der Waals surface area contributed by atoms with Crippen LogP contribution in [0.25, 0.3) is 0 Å². The maximum absolute atomic E-state index is 13.0. The Labute approximate surface area is 149 Å². The molecule has 0 atom stereocenters. The molecule has 1 saturated heterocycles. The second kappa shape index (κ2) is 7.94. The maximum atomic E-state index is 13.0. The van der Waals surface area contributed by atoms with E-state index >= 15 is 0 Å². The van der Waals surface area contributed by atoms with Crippen molar-refractivity contribution >= 4 is 37.3 Å². The fraction of sp³-hybridized carbons (Fsp3) is 0.429. The number of nitro groups is 1. The Morgan fingerprint density at radius 2 is 2.08 bits per heavy atom. The number of sulfonamides is 1. The molecule has 1 aliphatic heterocycles. The molecule has 1 aromatic rings. The molecule has 2 rings (SSSR count). The van der Waals surface area contributed by atoms with Gasteiger partial charge in [-0.15, -0.1) is 0 Å². The smallest absolute Gasteiger partial charge is 0.270 e. The summed E-state index contributed by atoms with van der Waals surface area (Å²) in [7, 11) is -3.89. The molecule has 1 aromatic carbocycles. The molecular weight excluding hydrogens is 400 g/mol. The van der Waals surface area contributed by atoms with Gasteiger partial charge in [-0.25, -0.2) is 8.42 Å². The molecule has 0 spiro atoms. The number of nitrogens with one attached hydrogen (secondary N) is 1. The van der Waals surface area contributed by atoms with E-state index in [1.807, 2.05) is 0 Å². The molecule has 24 heavy (non-hydrogen) atoms. The van der Waals surface area contributed by atoms with Crippen LogP contribution in [0.3, 0.4) is 0 Å². The number of halogens is 1. The predicted octanol–water partition coefficient (Wildman–Crippen LogP) is 0.981. The van der Waals surface area contributed by atoms with E-state index in [1.54, 1.807) is 0 Å². The van der Waals surface area contributed by atoms with Crippen molar-refractivity contribution in [3.05, 3.63) is 28.3 Å². The topological polar surface area (TPSA) is 95.8 Å². The number of rotatable bonds is 6. The molecule has 1 N–H and O–H groups in total. The highest BCUT2D eigenvalue weighted by molar-refractivity contribution is 9.09. The van der Waals surface area contributed by atoms with E-state index in [9.17, 15) is 18.5 Å². The van der Waals surface area contributed by atoms with Gasteiger partial charge in [0, 0.05) is 56.2 Å². The normalized spacial score (nSPS) is 15.7. The molecule has 0 amide bonds. The van der Waals surface area contributed by atoms with Gasteiger partial charge in [0.2, 0.25) is 10.0 Å². The third-order valence-corrected chi connectivity index (χ3v) is 5.89. The van der Waals surface area contributed by atoms with Gasteiger partial charge in [-0.05, 0) is 6.07 Å². The third kappa shape index (κ3) is 3.87. The first-order valence-corrected chi connectivity index (χ1v) is 9.77. The van der Waals surface area contributed by atoms with Gasteiger partial charge < -0.3 is 5.32 Å². The van der Waals surface area contributed by atoms with E-state index in [-0.39, 0.29) is 16.3 Å². The van der Waals surface area contributed by atoms with Crippen molar-refractivity contribution in [2.75, 3.05) is 43.0 Å². The zero-order chi connectivity index (χ0) is 17.7. The van der Waals surface area contributed by atoms with Crippen molar-refractivity contribution in [1.82, 2.24) is 9.62 Å². The third-order valence-electron chi connectivity index (χ3n) is 3.60. The molecule has 0 bridgehead atoms. The van der Waals surface area contributed by atoms with Gasteiger partial charge in [-0.3, -0.25) is 15.0 Å². The van der Waals surface area contributed by atoms with Crippen molar-refractivity contribution in [2.45, 2.75) is 4.90 Å². The predicted molar refractivity (Wildman–Crippen MR) is 94.7 cm³/mol. The molecular formula is C14H17BrN4O4S. The lowest BCUT2D eigenvalue weighted by molar-refractivity contribution is -0.385. The van der Waals surface area contributed by atoms with Gasteiger partial charge in [-0.1, -0.05) is 22.4 Å². The van der Waals surface area contributed by atoms with Crippen molar-refractivity contribution < 1.29 is 13.3 Å². The van der Waals surface area contributed by atoms with Crippen LogP contribution in [0.2, 0.25) is 0 Å². The Morgan fingerprint density at radius 3 is 2.62 bits per heavy atom. The maximum Gasteiger partial charge on any atom is 0.270 e. The van der Waals surface area contributed by atoms with E-state index in [1.165, 1.54) is 21.3 Å². The van der Waals surface area contributed by atoms with E-state index < -0.39 is 14.9 Å². The van der Waals surface area contributed by atoms with Crippen molar-refractivity contribution in [2.24, 2.45) is 0 Å². The van der Waals surface area contributed by atoms with Gasteiger partial charge in [0.15, 0.2) is 0 Å². The second-order valence-corrected chi connectivity index (χ2v) is 7.73. The van der Waals surface area contributed by atoms with Gasteiger partial charge in [0.25, 0.3) is 5.69 Å². The number of nitrogens with zero attached hydrogens (tertiary/aromatic N) is 3. The highest BCUT2D eigenvalue weighted by Crippen LogP contribution is 2.31. The molecule has 0 radical (unpaired) electrons. The molecule has 130 valence electrons. The molecule has 0 saturated carbocycles. The number of benzene rings is 1. The van der Waals surface area contributed by atoms with Crippen LogP contribution in [-0.4, -0.2) is 55.7 Å². The summed E-state index contributed by atoms with van der Waals surface area (Å²) >= 11 is 3.26. The van der Waals surface area contributed by atoms with Crippen molar-refractivity contribution in [3.8, 4) is 12.5 Å². The standard InChI is InChI=1S/C14H17BrN4O4S/c1-2-17(8-5-15)13-4-3-12(19(20)21)11-14(13)24(22,23)18-9-6-16-7-10-18/h1,3-4,11,16H,5-10H2. The summed E-state index contributed by atoms with van der Waals surface area (Å²) in [5, 5.41) is 14.7. The summed E-state index contributed by atoms with van der Waals surface area (Å²) in [6.45, 7) is 2.05. The lowest BCUT2D eigenvalue weighted by Crippen LogP contribution is -2.46. The Morgan fingerprint density at radius 1 is 1.42 bits per heavy atom. The number of alkyl halides is 1. The zero-order valence-electron chi connectivity index (χ0n) is 12.8. The molecule has 1 heterocycles. The van der Waals surface area contributed by atoms with Gasteiger partial charge in [0.05, 0.1) is 10.6 Å². The number of anilines is 1. The Kier molecular flexibility index (Phi) is 6.17. The van der Waals surface area contributed by atoms with Crippen LogP contribution in [-0.2, 0) is 10.0 Å². The van der Waals surface area contributed by atoms with Crippen LogP contribution in [0, 0.1) is 22.6 Å². The summed E-state index contributed by atoms with van der Waals surface area (Å²) < 4.78 is 27.3. The van der Waals surface area contributed by atoms with Crippen LogP contribution < -0.4 is 10.2 Å². The van der Waals surface area contributed by atoms with Crippen LogP contribution in [0.4, 0.5) is 11.4 Å². The Hall–Kier alpha value is -1.67. The van der Waals surface area contributed by atoms with Crippen LogP contribution in [0.1, 0.15) is 0 Å². The first kappa shape index (κ1) is 18.7. The average molecular weight is 417 g/mol. The van der Waals surface area contributed by atoms with Gasteiger partial charge >= 0.3 is 0 Å². The molecule has 0 unspecified atom stereocenters. The molecule has 0 aromatic heterocycles. The largest absolute Gasteiger partial charge is 0.314 e. The number of hydrogen-bond donors (Lipinski definition) is 1. The quantitative estimate of drug-likeness (QED) is 0.244. The first-order valence-electron chi connectivity index (χ1n) is 7.21. The number of hydrogen-bond acceptors (Lipinski definition) is 6. The first-order chi connectivity index (χ1) is 11.4. The van der Waals surface area contributed by atoms with Crippen molar-refractivity contribution in [1.29, 1.82) is 0 Å². The molecule has 10 heteroatoms. The fourth-order valence-corrected chi connectivity index (χ4v) is 4.42. The lowest BCUT2D eigenvalue weighted by Gasteiger charge is -2.28. The number of nitro benzene ring substituents is 1. The fourth-order valence-electron chi connectivity index (χ4n) is 2.41. The minimum atomic E-state index is -3.89. The minimum absolute atomic E-state index is 0.141. The molecule has 8 nitrogen and oxygen atoms in total. The number of non-ortho nitro benzene ring substituents is 1. The highest BCUT2D eigenvalue weighted by atomic mass is 79.9. The molecule has 1 fully saturated rings. The molecule has 0 aliphatic carbocycles. The Balaban J connectivity index is 2.57. The summed E-state index contributed by atoms with van der Waals surface area (Å²) in [6.07, 6.45) is 5.48. The number of terminal acetylenes is 1. The van der Waals surface area contributed by atoms with Gasteiger partial charge in [-0.2, -0.15) is 4.31 Å². The van der Waals surface area contributed by atoms with E-state index in [0.717, 1.165) is 6.07 Å². The van der Waals surface area contributed by atoms with E-state index in [0.29, 0.717) is 38.1 Å². The van der Waals surface area contributed by atoms with Crippen LogP contribution in [0.15, 0.2) is 23.1 Å². The number of piperazine rings is 1. The Bertz CT molecular complexity index is 757. The summed E-state index contributed by atoms with van der Waals surface area (Å²) in [5.41, 5.74) is -0.0237. The lowest BCUT2D eigenvalue weighted by atomic mass is 10.2. The summed E-state index contributed by atoms with van der Waals surface area (Å²) in [6, 6.07) is 6.14. The van der Waals surface area contributed by atoms with E-state index in [4.69, 9.17) is 6.42 Å². The molecule has 1 aliphatic rings. The van der Waals surface area contributed by atoms with Gasteiger partial charge in [0.1, 0.15) is 4.90 Å².